The number of aromatic nitrogens is 5. The number of H-pyrrole nitrogens is 1. The van der Waals surface area contributed by atoms with Crippen molar-refractivity contribution in [2.45, 2.75) is 32.2 Å². The minimum absolute atomic E-state index is 0.0476. The van der Waals surface area contributed by atoms with Crippen LogP contribution in [-0.2, 0) is 4.79 Å². The van der Waals surface area contributed by atoms with Crippen molar-refractivity contribution in [3.63, 3.8) is 0 Å². The zero-order valence-electron chi connectivity index (χ0n) is 16.2. The topological polar surface area (TPSA) is 99.7 Å². The monoisotopic (exact) mass is 389 g/mol. The Morgan fingerprint density at radius 3 is 3.00 bits per heavy atom. The van der Waals surface area contributed by atoms with Gasteiger partial charge in [-0.05, 0) is 44.4 Å². The lowest BCUT2D eigenvalue weighted by atomic mass is 10.0. The van der Waals surface area contributed by atoms with E-state index >= 15 is 0 Å². The maximum Gasteiger partial charge on any atom is 0.247 e. The minimum Gasteiger partial charge on any atom is -0.345 e. The second kappa shape index (κ2) is 8.64. The zero-order chi connectivity index (χ0) is 20.1. The van der Waals surface area contributed by atoms with Crippen LogP contribution in [0.1, 0.15) is 42.5 Å². The lowest BCUT2D eigenvalue weighted by Gasteiger charge is -2.34. The number of carbonyl (C=O) groups excluding carboxylic acids is 1. The molecule has 0 saturated carbocycles. The van der Waals surface area contributed by atoms with E-state index in [0.29, 0.717) is 18.2 Å². The summed E-state index contributed by atoms with van der Waals surface area (Å²) in [5.74, 6) is 2.01. The number of imidazole rings is 1. The fourth-order valence-corrected chi connectivity index (χ4v) is 3.45. The van der Waals surface area contributed by atoms with Crippen LogP contribution in [0.25, 0.3) is 6.08 Å². The number of anilines is 2. The predicted octanol–water partition coefficient (Wildman–Crippen LogP) is 3.41. The van der Waals surface area contributed by atoms with E-state index in [9.17, 15) is 4.79 Å². The SMILES string of the molecule is Cc1cc(Nc2ccccn2)nc([C@H]2CCCCN2C(=O)/C=C/c2cnc[nH]2)n1. The number of likely N-dealkylation sites (tertiary alicyclic amines) is 1. The number of aryl methyl sites for hydroxylation is 1. The Hall–Kier alpha value is -3.55. The van der Waals surface area contributed by atoms with Crippen molar-refractivity contribution >= 4 is 23.6 Å². The lowest BCUT2D eigenvalue weighted by Crippen LogP contribution is -2.38. The number of amides is 1. The second-order valence-electron chi connectivity index (χ2n) is 6.98. The van der Waals surface area contributed by atoms with Gasteiger partial charge in [-0.15, -0.1) is 0 Å². The van der Waals surface area contributed by atoms with Crippen molar-refractivity contribution < 1.29 is 4.79 Å². The highest BCUT2D eigenvalue weighted by atomic mass is 16.2. The zero-order valence-corrected chi connectivity index (χ0v) is 16.2. The van der Waals surface area contributed by atoms with Crippen LogP contribution in [0.4, 0.5) is 11.6 Å². The van der Waals surface area contributed by atoms with Gasteiger partial charge < -0.3 is 15.2 Å². The molecule has 3 aromatic heterocycles. The quantitative estimate of drug-likeness (QED) is 0.649. The number of hydrogen-bond acceptors (Lipinski definition) is 6. The summed E-state index contributed by atoms with van der Waals surface area (Å²) in [6.07, 6.45) is 11.2. The summed E-state index contributed by atoms with van der Waals surface area (Å²) in [6.45, 7) is 2.62. The average Bonchev–Trinajstić information content (AvgIpc) is 3.26. The minimum atomic E-state index is -0.146. The van der Waals surface area contributed by atoms with E-state index in [4.69, 9.17) is 4.98 Å². The highest BCUT2D eigenvalue weighted by Crippen LogP contribution is 2.30. The van der Waals surface area contributed by atoms with E-state index in [-0.39, 0.29) is 11.9 Å². The Morgan fingerprint density at radius 1 is 1.28 bits per heavy atom. The Kier molecular flexibility index (Phi) is 5.60. The average molecular weight is 389 g/mol. The molecule has 1 fully saturated rings. The highest BCUT2D eigenvalue weighted by molar-refractivity contribution is 5.91. The third kappa shape index (κ3) is 4.66. The van der Waals surface area contributed by atoms with Gasteiger partial charge in [0.1, 0.15) is 11.6 Å². The molecule has 1 saturated heterocycles. The number of nitrogens with zero attached hydrogens (tertiary/aromatic N) is 5. The van der Waals surface area contributed by atoms with Crippen LogP contribution in [0.3, 0.4) is 0 Å². The normalized spacial score (nSPS) is 16.9. The van der Waals surface area contributed by atoms with E-state index in [1.807, 2.05) is 36.1 Å². The summed E-state index contributed by atoms with van der Waals surface area (Å²) in [4.78, 5) is 35.3. The molecule has 0 aliphatic carbocycles. The summed E-state index contributed by atoms with van der Waals surface area (Å²) in [6, 6.07) is 7.40. The predicted molar refractivity (Wildman–Crippen MR) is 110 cm³/mol. The van der Waals surface area contributed by atoms with Gasteiger partial charge >= 0.3 is 0 Å². The van der Waals surface area contributed by atoms with Crippen LogP contribution in [0.15, 0.2) is 49.1 Å². The molecule has 0 radical (unpaired) electrons. The van der Waals surface area contributed by atoms with Crippen LogP contribution >= 0.6 is 0 Å². The molecule has 8 heteroatoms. The molecule has 1 aliphatic rings. The van der Waals surface area contributed by atoms with Crippen molar-refractivity contribution in [2.75, 3.05) is 11.9 Å². The van der Waals surface area contributed by atoms with E-state index in [2.05, 4.69) is 25.3 Å². The number of carbonyl (C=O) groups is 1. The summed E-state index contributed by atoms with van der Waals surface area (Å²) in [7, 11) is 0. The van der Waals surface area contributed by atoms with Crippen molar-refractivity contribution in [3.05, 3.63) is 66.3 Å². The number of aromatic amines is 1. The molecule has 2 N–H and O–H groups in total. The Balaban J connectivity index is 1.57. The van der Waals surface area contributed by atoms with Gasteiger partial charge in [-0.25, -0.2) is 19.9 Å². The Morgan fingerprint density at radius 2 is 2.21 bits per heavy atom. The summed E-state index contributed by atoms with van der Waals surface area (Å²) < 4.78 is 0. The molecule has 0 unspecified atom stereocenters. The van der Waals surface area contributed by atoms with Gasteiger partial charge in [-0.1, -0.05) is 6.07 Å². The van der Waals surface area contributed by atoms with E-state index in [0.717, 1.165) is 36.5 Å². The molecule has 0 bridgehead atoms. The van der Waals surface area contributed by atoms with Gasteiger partial charge in [-0.2, -0.15) is 0 Å². The van der Waals surface area contributed by atoms with Crippen molar-refractivity contribution in [1.82, 2.24) is 29.8 Å². The van der Waals surface area contributed by atoms with Crippen LogP contribution in [0, 0.1) is 6.92 Å². The van der Waals surface area contributed by atoms with E-state index < -0.39 is 0 Å². The molecule has 4 rings (SSSR count). The van der Waals surface area contributed by atoms with Gasteiger partial charge in [0.05, 0.1) is 24.3 Å². The molecule has 1 atom stereocenters. The summed E-state index contributed by atoms with van der Waals surface area (Å²) in [5.41, 5.74) is 1.64. The fourth-order valence-electron chi connectivity index (χ4n) is 3.45. The maximum absolute atomic E-state index is 12.9. The number of piperidine rings is 1. The molecule has 3 aromatic rings. The smallest absolute Gasteiger partial charge is 0.247 e. The van der Waals surface area contributed by atoms with Gasteiger partial charge in [0.25, 0.3) is 0 Å². The Bertz CT molecular complexity index is 986. The molecule has 1 amide bonds. The van der Waals surface area contributed by atoms with Gasteiger partial charge in [0.2, 0.25) is 5.91 Å². The van der Waals surface area contributed by atoms with Crippen molar-refractivity contribution in [2.24, 2.45) is 0 Å². The standard InChI is InChI=1S/C21H23N7O/c1-15-12-19(26-18-7-2-4-10-23-18)27-21(25-15)17-6-3-5-11-28(17)20(29)9-8-16-13-22-14-24-16/h2,4,7-10,12-14,17H,3,5-6,11H2,1H3,(H,22,24)(H,23,25,26,27)/b9-8+/t17-/m1/s1. The van der Waals surface area contributed by atoms with E-state index in [1.54, 1.807) is 30.9 Å². The van der Waals surface area contributed by atoms with Gasteiger partial charge in [0.15, 0.2) is 5.82 Å². The van der Waals surface area contributed by atoms with Gasteiger partial charge in [0, 0.05) is 30.6 Å². The molecule has 0 spiro atoms. The Labute approximate surface area is 169 Å². The van der Waals surface area contributed by atoms with Crippen molar-refractivity contribution in [3.8, 4) is 0 Å². The van der Waals surface area contributed by atoms with Gasteiger partial charge in [-0.3, -0.25) is 4.79 Å². The first-order chi connectivity index (χ1) is 14.2. The molecule has 29 heavy (non-hydrogen) atoms. The molecule has 148 valence electrons. The first kappa shape index (κ1) is 18.8. The molecular weight excluding hydrogens is 366 g/mol. The summed E-state index contributed by atoms with van der Waals surface area (Å²) in [5, 5.41) is 3.22. The first-order valence-corrected chi connectivity index (χ1v) is 9.70. The fraction of sp³-hybridized carbons (Fsp3) is 0.286. The number of nitrogens with one attached hydrogen (secondary N) is 2. The summed E-state index contributed by atoms with van der Waals surface area (Å²) >= 11 is 0. The molecule has 0 aromatic carbocycles. The van der Waals surface area contributed by atoms with Crippen LogP contribution in [-0.4, -0.2) is 42.3 Å². The number of rotatable bonds is 5. The van der Waals surface area contributed by atoms with E-state index in [1.165, 1.54) is 0 Å². The highest BCUT2D eigenvalue weighted by Gasteiger charge is 2.29. The first-order valence-electron chi connectivity index (χ1n) is 9.70. The lowest BCUT2D eigenvalue weighted by molar-refractivity contribution is -0.129. The van der Waals surface area contributed by atoms with Crippen LogP contribution in [0.5, 0.6) is 0 Å². The number of pyridine rings is 1. The van der Waals surface area contributed by atoms with Crippen LogP contribution < -0.4 is 5.32 Å². The maximum atomic E-state index is 12.9. The van der Waals surface area contributed by atoms with Crippen LogP contribution in [0.2, 0.25) is 0 Å². The molecule has 8 nitrogen and oxygen atoms in total. The van der Waals surface area contributed by atoms with Crippen molar-refractivity contribution in [1.29, 1.82) is 0 Å². The molecule has 1 aliphatic heterocycles. The number of hydrogen-bond donors (Lipinski definition) is 2. The largest absolute Gasteiger partial charge is 0.345 e. The third-order valence-electron chi connectivity index (χ3n) is 4.80. The molecule has 4 heterocycles. The second-order valence-corrected chi connectivity index (χ2v) is 6.98. The molecular formula is C21H23N7O. The third-order valence-corrected chi connectivity index (χ3v) is 4.80.